The van der Waals surface area contributed by atoms with Crippen molar-refractivity contribution in [3.8, 4) is 5.75 Å². The first-order valence-electron chi connectivity index (χ1n) is 14.7. The summed E-state index contributed by atoms with van der Waals surface area (Å²) in [6.07, 6.45) is 2.86. The standard InChI is InChI=1S/C30H42FN7O4/c1-20(2)21-8-7-9-23(16-21)40-19-26-33-34-27(36(26)6)24-11-10-22(18-41-24)38-17-25(32-35-38)30(31)12-14-37(15-13-30)28(39)42-29(3,4)5/h7-9,16-17,20,22,24H,10-15,18-19H2,1-6H3/t22-,24+/m1/s1. The van der Waals surface area contributed by atoms with Gasteiger partial charge in [-0.25, -0.2) is 13.9 Å². The molecule has 0 aliphatic carbocycles. The molecule has 1 aromatic carbocycles. The molecule has 0 N–H and O–H groups in total. The van der Waals surface area contributed by atoms with E-state index in [1.807, 2.05) is 44.5 Å². The van der Waals surface area contributed by atoms with E-state index in [-0.39, 0.29) is 38.1 Å². The van der Waals surface area contributed by atoms with Gasteiger partial charge in [-0.1, -0.05) is 31.2 Å². The second-order valence-electron chi connectivity index (χ2n) is 12.6. The fourth-order valence-corrected chi connectivity index (χ4v) is 5.33. The Morgan fingerprint density at radius 2 is 1.93 bits per heavy atom. The second-order valence-corrected chi connectivity index (χ2v) is 12.6. The van der Waals surface area contributed by atoms with E-state index in [2.05, 4.69) is 46.5 Å². The van der Waals surface area contributed by atoms with E-state index in [1.54, 1.807) is 15.8 Å². The van der Waals surface area contributed by atoms with Crippen LogP contribution in [0.3, 0.4) is 0 Å². The Morgan fingerprint density at radius 1 is 1.17 bits per heavy atom. The summed E-state index contributed by atoms with van der Waals surface area (Å²) < 4.78 is 37.1. The smallest absolute Gasteiger partial charge is 0.410 e. The highest BCUT2D eigenvalue weighted by atomic mass is 19.1. The van der Waals surface area contributed by atoms with Crippen molar-refractivity contribution in [2.45, 2.75) is 96.2 Å². The van der Waals surface area contributed by atoms with Gasteiger partial charge in [-0.3, -0.25) is 0 Å². The molecule has 12 heteroatoms. The minimum atomic E-state index is -1.64. The zero-order chi connectivity index (χ0) is 30.1. The van der Waals surface area contributed by atoms with Crippen molar-refractivity contribution >= 4 is 6.09 Å². The lowest BCUT2D eigenvalue weighted by Crippen LogP contribution is -2.45. The monoisotopic (exact) mass is 583 g/mol. The number of amides is 1. The van der Waals surface area contributed by atoms with E-state index in [0.717, 1.165) is 30.2 Å². The molecule has 2 fully saturated rings. The van der Waals surface area contributed by atoms with Crippen molar-refractivity contribution in [1.29, 1.82) is 0 Å². The van der Waals surface area contributed by atoms with Crippen LogP contribution >= 0.6 is 0 Å². The third-order valence-electron chi connectivity index (χ3n) is 7.98. The summed E-state index contributed by atoms with van der Waals surface area (Å²) in [5.41, 5.74) is -0.705. The average Bonchev–Trinajstić information content (AvgIpc) is 3.59. The van der Waals surface area contributed by atoms with Crippen molar-refractivity contribution in [2.75, 3.05) is 19.7 Å². The first-order valence-corrected chi connectivity index (χ1v) is 14.7. The number of aromatic nitrogens is 6. The lowest BCUT2D eigenvalue weighted by Gasteiger charge is -2.36. The third kappa shape index (κ3) is 6.74. The van der Waals surface area contributed by atoms with E-state index < -0.39 is 17.4 Å². The summed E-state index contributed by atoms with van der Waals surface area (Å²) in [4.78, 5) is 13.9. The van der Waals surface area contributed by atoms with Gasteiger partial charge in [0.1, 0.15) is 29.8 Å². The Kier molecular flexibility index (Phi) is 8.54. The molecule has 5 rings (SSSR count). The predicted molar refractivity (Wildman–Crippen MR) is 153 cm³/mol. The molecule has 2 saturated heterocycles. The molecule has 3 aromatic rings. The fourth-order valence-electron chi connectivity index (χ4n) is 5.33. The zero-order valence-electron chi connectivity index (χ0n) is 25.4. The molecule has 0 radical (unpaired) electrons. The first kappa shape index (κ1) is 29.9. The molecule has 2 aliphatic heterocycles. The van der Waals surface area contributed by atoms with Crippen LogP contribution in [-0.4, -0.2) is 66.0 Å². The summed E-state index contributed by atoms with van der Waals surface area (Å²) in [5.74, 6) is 2.70. The number of likely N-dealkylation sites (tertiary alicyclic amines) is 1. The molecular weight excluding hydrogens is 541 g/mol. The van der Waals surface area contributed by atoms with Gasteiger partial charge in [0.05, 0.1) is 18.8 Å². The van der Waals surface area contributed by atoms with Crippen LogP contribution in [0.25, 0.3) is 0 Å². The van der Waals surface area contributed by atoms with Crippen LogP contribution in [0.5, 0.6) is 5.75 Å². The predicted octanol–water partition coefficient (Wildman–Crippen LogP) is 5.40. The molecule has 2 atom stereocenters. The average molecular weight is 584 g/mol. The maximum atomic E-state index is 15.9. The van der Waals surface area contributed by atoms with E-state index >= 15 is 4.39 Å². The summed E-state index contributed by atoms with van der Waals surface area (Å²) in [5, 5.41) is 17.2. The maximum absolute atomic E-state index is 15.9. The van der Waals surface area contributed by atoms with Gasteiger partial charge >= 0.3 is 6.09 Å². The Balaban J connectivity index is 1.13. The van der Waals surface area contributed by atoms with Gasteiger partial charge in [-0.05, 0) is 57.2 Å². The SMILES string of the molecule is CC(C)c1cccc(OCc2nnc([C@@H]3CC[C@@H](n4cc(C5(F)CCN(C(=O)OC(C)(C)C)CC5)nn4)CO3)n2C)c1. The molecule has 0 saturated carbocycles. The number of hydrogen-bond acceptors (Lipinski definition) is 8. The summed E-state index contributed by atoms with van der Waals surface area (Å²) in [6, 6.07) is 8.04. The molecule has 0 unspecified atom stereocenters. The molecule has 4 heterocycles. The number of hydrogen-bond donors (Lipinski definition) is 0. The van der Waals surface area contributed by atoms with Gasteiger partial charge in [-0.2, -0.15) is 0 Å². The molecule has 11 nitrogen and oxygen atoms in total. The van der Waals surface area contributed by atoms with Gasteiger partial charge in [0.15, 0.2) is 17.3 Å². The van der Waals surface area contributed by atoms with Crippen molar-refractivity contribution in [2.24, 2.45) is 7.05 Å². The van der Waals surface area contributed by atoms with Crippen molar-refractivity contribution in [1.82, 2.24) is 34.7 Å². The van der Waals surface area contributed by atoms with Crippen LogP contribution in [0.1, 0.15) is 101 Å². The Labute approximate surface area is 246 Å². The molecule has 2 aliphatic rings. The molecule has 0 spiro atoms. The van der Waals surface area contributed by atoms with Gasteiger partial charge in [0.2, 0.25) is 0 Å². The minimum absolute atomic E-state index is 0.0581. The number of carbonyl (C=O) groups excluding carboxylic acids is 1. The molecule has 1 amide bonds. The highest BCUT2D eigenvalue weighted by molar-refractivity contribution is 5.68. The molecule has 228 valence electrons. The Morgan fingerprint density at radius 3 is 2.60 bits per heavy atom. The number of alkyl halides is 1. The largest absolute Gasteiger partial charge is 0.486 e. The molecule has 42 heavy (non-hydrogen) atoms. The van der Waals surface area contributed by atoms with E-state index in [9.17, 15) is 4.79 Å². The lowest BCUT2D eigenvalue weighted by atomic mass is 9.90. The van der Waals surface area contributed by atoms with E-state index in [0.29, 0.717) is 24.8 Å². The highest BCUT2D eigenvalue weighted by Crippen LogP contribution is 2.37. The van der Waals surface area contributed by atoms with Crippen molar-refractivity contribution in [3.63, 3.8) is 0 Å². The Hall–Kier alpha value is -3.54. The molecule has 0 bridgehead atoms. The highest BCUT2D eigenvalue weighted by Gasteiger charge is 2.41. The van der Waals surface area contributed by atoms with Gasteiger partial charge < -0.3 is 23.7 Å². The van der Waals surface area contributed by atoms with Crippen LogP contribution in [0.4, 0.5) is 9.18 Å². The van der Waals surface area contributed by atoms with E-state index in [1.165, 1.54) is 5.56 Å². The number of piperidine rings is 1. The number of carbonyl (C=O) groups is 1. The van der Waals surface area contributed by atoms with Gasteiger partial charge in [0.25, 0.3) is 0 Å². The fraction of sp³-hybridized carbons (Fsp3) is 0.633. The normalized spacial score (nSPS) is 21.0. The zero-order valence-corrected chi connectivity index (χ0v) is 25.4. The van der Waals surface area contributed by atoms with Gasteiger partial charge in [0, 0.05) is 33.0 Å². The number of ether oxygens (including phenoxy) is 3. The quantitative estimate of drug-likeness (QED) is 0.364. The number of nitrogens with zero attached hydrogens (tertiary/aromatic N) is 7. The maximum Gasteiger partial charge on any atom is 0.410 e. The summed E-state index contributed by atoms with van der Waals surface area (Å²) in [6.45, 7) is 11.0. The van der Waals surface area contributed by atoms with Crippen LogP contribution in [0.2, 0.25) is 0 Å². The Bertz CT molecular complexity index is 1370. The summed E-state index contributed by atoms with van der Waals surface area (Å²) in [7, 11) is 1.92. The van der Waals surface area contributed by atoms with Crippen LogP contribution in [0, 0.1) is 0 Å². The van der Waals surface area contributed by atoms with Crippen molar-refractivity contribution in [3.05, 3.63) is 53.4 Å². The summed E-state index contributed by atoms with van der Waals surface area (Å²) >= 11 is 0. The first-order chi connectivity index (χ1) is 19.9. The molecular formula is C30H42FN7O4. The number of halogens is 1. The van der Waals surface area contributed by atoms with Crippen LogP contribution in [-0.2, 0) is 28.8 Å². The topological polar surface area (TPSA) is 109 Å². The van der Waals surface area contributed by atoms with Crippen LogP contribution in [0.15, 0.2) is 30.5 Å². The lowest BCUT2D eigenvalue weighted by molar-refractivity contribution is -0.0226. The third-order valence-corrected chi connectivity index (χ3v) is 7.98. The molecule has 2 aromatic heterocycles. The van der Waals surface area contributed by atoms with E-state index in [4.69, 9.17) is 14.2 Å². The van der Waals surface area contributed by atoms with Gasteiger partial charge in [-0.15, -0.1) is 15.3 Å². The van der Waals surface area contributed by atoms with Crippen LogP contribution < -0.4 is 4.74 Å². The van der Waals surface area contributed by atoms with Crippen molar-refractivity contribution < 1.29 is 23.4 Å². The minimum Gasteiger partial charge on any atom is -0.486 e. The number of rotatable bonds is 7. The second kappa shape index (κ2) is 12.0. The number of benzene rings is 1.